The van der Waals surface area contributed by atoms with Crippen molar-refractivity contribution in [1.82, 2.24) is 0 Å². The first-order chi connectivity index (χ1) is 14.6. The van der Waals surface area contributed by atoms with Gasteiger partial charge in [0, 0.05) is 11.1 Å². The van der Waals surface area contributed by atoms with Crippen molar-refractivity contribution in [3.63, 3.8) is 0 Å². The lowest BCUT2D eigenvalue weighted by Crippen LogP contribution is -2.30. The van der Waals surface area contributed by atoms with E-state index in [4.69, 9.17) is 0 Å². The minimum absolute atomic E-state index is 0.0698. The van der Waals surface area contributed by atoms with Crippen LogP contribution in [0.25, 0.3) is 11.1 Å². The average Bonchev–Trinajstić information content (AvgIpc) is 2.80. The Balaban J connectivity index is 1.72. The number of anilines is 3. The third-order valence-corrected chi connectivity index (χ3v) is 6.21. The maximum Gasteiger partial charge on any atom is 0.0681 e. The highest BCUT2D eigenvalue weighted by molar-refractivity contribution is 5.87. The number of rotatable bonds is 3. The Labute approximate surface area is 178 Å². The van der Waals surface area contributed by atoms with Crippen molar-refractivity contribution in [1.29, 1.82) is 0 Å². The van der Waals surface area contributed by atoms with Crippen LogP contribution in [0.15, 0.2) is 97.1 Å². The van der Waals surface area contributed by atoms with E-state index in [-0.39, 0.29) is 12.0 Å². The smallest absolute Gasteiger partial charge is 0.0681 e. The van der Waals surface area contributed by atoms with Crippen molar-refractivity contribution in [2.45, 2.75) is 25.9 Å². The molecule has 0 amide bonds. The molecule has 2 heteroatoms. The average molecular weight is 392 g/mol. The van der Waals surface area contributed by atoms with E-state index in [2.05, 4.69) is 104 Å². The minimum atomic E-state index is -0.113. The van der Waals surface area contributed by atoms with Gasteiger partial charge in [0.1, 0.15) is 0 Å². The molecule has 4 aromatic carbocycles. The number of benzene rings is 4. The fourth-order valence-corrected chi connectivity index (χ4v) is 4.54. The zero-order valence-electron chi connectivity index (χ0n) is 17.3. The van der Waals surface area contributed by atoms with E-state index in [0.29, 0.717) is 0 Å². The van der Waals surface area contributed by atoms with E-state index in [1.54, 1.807) is 0 Å². The molecule has 0 bridgehead atoms. The van der Waals surface area contributed by atoms with Crippen LogP contribution in [0.5, 0.6) is 0 Å². The monoisotopic (exact) mass is 391 g/mol. The molecule has 2 nitrogen and oxygen atoms in total. The van der Waals surface area contributed by atoms with Gasteiger partial charge in [0.05, 0.1) is 18.0 Å². The molecule has 148 valence electrons. The maximum atomic E-state index is 9.35. The van der Waals surface area contributed by atoms with Gasteiger partial charge in [-0.3, -0.25) is 0 Å². The largest absolute Gasteiger partial charge is 0.392 e. The molecule has 0 saturated carbocycles. The molecule has 1 N–H and O–H groups in total. The van der Waals surface area contributed by atoms with Gasteiger partial charge in [-0.1, -0.05) is 80.6 Å². The summed E-state index contributed by atoms with van der Waals surface area (Å²) in [5.74, 6) is 0. The fraction of sp³-hybridized carbons (Fsp3) is 0.143. The second-order valence-corrected chi connectivity index (χ2v) is 8.40. The summed E-state index contributed by atoms with van der Waals surface area (Å²) in [5, 5.41) is 9.35. The Morgan fingerprint density at radius 1 is 0.667 bits per heavy atom. The summed E-state index contributed by atoms with van der Waals surface area (Å²) in [6.07, 6.45) is 0. The van der Waals surface area contributed by atoms with Crippen LogP contribution in [0.1, 0.15) is 30.5 Å². The van der Waals surface area contributed by atoms with Crippen LogP contribution in [0, 0.1) is 0 Å². The molecule has 30 heavy (non-hydrogen) atoms. The van der Waals surface area contributed by atoms with Gasteiger partial charge in [0.25, 0.3) is 0 Å². The minimum Gasteiger partial charge on any atom is -0.392 e. The molecule has 1 heterocycles. The Bertz CT molecular complexity index is 1190. The van der Waals surface area contributed by atoms with E-state index in [0.717, 1.165) is 11.1 Å². The molecule has 0 saturated heterocycles. The number of hydrogen-bond donors (Lipinski definition) is 1. The Kier molecular flexibility index (Phi) is 4.45. The highest BCUT2D eigenvalue weighted by atomic mass is 16.3. The van der Waals surface area contributed by atoms with E-state index < -0.39 is 0 Å². The Morgan fingerprint density at radius 2 is 1.30 bits per heavy atom. The summed E-state index contributed by atoms with van der Waals surface area (Å²) in [7, 11) is 0. The molecule has 5 rings (SSSR count). The van der Waals surface area contributed by atoms with Crippen LogP contribution in [0.3, 0.4) is 0 Å². The molecule has 1 aliphatic heterocycles. The lowest BCUT2D eigenvalue weighted by molar-refractivity contribution is 0.282. The van der Waals surface area contributed by atoms with Crippen LogP contribution in [0.4, 0.5) is 17.1 Å². The van der Waals surface area contributed by atoms with Gasteiger partial charge in [-0.2, -0.15) is 0 Å². The summed E-state index contributed by atoms with van der Waals surface area (Å²) >= 11 is 0. The van der Waals surface area contributed by atoms with Gasteiger partial charge in [0.2, 0.25) is 0 Å². The number of para-hydroxylation sites is 2. The third kappa shape index (κ3) is 2.92. The molecule has 4 aromatic rings. The van der Waals surface area contributed by atoms with Crippen molar-refractivity contribution < 1.29 is 5.11 Å². The molecule has 1 aliphatic rings. The van der Waals surface area contributed by atoms with E-state index in [9.17, 15) is 5.11 Å². The van der Waals surface area contributed by atoms with E-state index in [1.807, 2.05) is 12.1 Å². The second kappa shape index (κ2) is 7.16. The predicted molar refractivity (Wildman–Crippen MR) is 125 cm³/mol. The van der Waals surface area contributed by atoms with E-state index >= 15 is 0 Å². The molecular formula is C28H25NO. The summed E-state index contributed by atoms with van der Waals surface area (Å²) in [5.41, 5.74) is 9.44. The molecule has 0 radical (unpaired) electrons. The number of nitrogens with zero attached hydrogens (tertiary/aromatic N) is 1. The number of fused-ring (bicyclic) bond motifs is 2. The van der Waals surface area contributed by atoms with Gasteiger partial charge in [-0.15, -0.1) is 0 Å². The zero-order valence-corrected chi connectivity index (χ0v) is 17.3. The molecule has 0 atom stereocenters. The molecule has 0 aliphatic carbocycles. The van der Waals surface area contributed by atoms with Crippen LogP contribution >= 0.6 is 0 Å². The van der Waals surface area contributed by atoms with Crippen LogP contribution in [-0.4, -0.2) is 5.11 Å². The highest BCUT2D eigenvalue weighted by Crippen LogP contribution is 2.52. The van der Waals surface area contributed by atoms with Crippen LogP contribution in [0.2, 0.25) is 0 Å². The number of hydrogen-bond acceptors (Lipinski definition) is 2. The van der Waals surface area contributed by atoms with Gasteiger partial charge in [0.15, 0.2) is 0 Å². The topological polar surface area (TPSA) is 23.5 Å². The van der Waals surface area contributed by atoms with Gasteiger partial charge in [-0.05, 0) is 58.1 Å². The third-order valence-electron chi connectivity index (χ3n) is 6.21. The first-order valence-electron chi connectivity index (χ1n) is 10.4. The predicted octanol–water partition coefficient (Wildman–Crippen LogP) is 6.96. The molecule has 0 fully saturated rings. The Morgan fingerprint density at radius 3 is 2.03 bits per heavy atom. The van der Waals surface area contributed by atoms with Crippen molar-refractivity contribution >= 4 is 17.1 Å². The summed E-state index contributed by atoms with van der Waals surface area (Å²) < 4.78 is 0. The summed E-state index contributed by atoms with van der Waals surface area (Å²) in [6, 6.07) is 34.2. The Hall–Kier alpha value is -3.36. The van der Waals surface area contributed by atoms with Gasteiger partial charge < -0.3 is 10.0 Å². The SMILES string of the molecule is CC1(C)c2ccccc2N(c2ccccc2)c2ccc(-c3ccc(CO)cc3)cc21. The normalized spacial score (nSPS) is 14.2. The summed E-state index contributed by atoms with van der Waals surface area (Å²) in [4.78, 5) is 2.37. The number of aliphatic hydroxyl groups excluding tert-OH is 1. The van der Waals surface area contributed by atoms with Crippen molar-refractivity contribution in [2.24, 2.45) is 0 Å². The molecule has 0 spiro atoms. The highest BCUT2D eigenvalue weighted by Gasteiger charge is 2.36. The van der Waals surface area contributed by atoms with Gasteiger partial charge >= 0.3 is 0 Å². The first-order valence-corrected chi connectivity index (χ1v) is 10.4. The first kappa shape index (κ1) is 18.7. The molecule has 0 unspecified atom stereocenters. The van der Waals surface area contributed by atoms with Crippen molar-refractivity contribution in [2.75, 3.05) is 4.90 Å². The lowest BCUT2D eigenvalue weighted by Gasteiger charge is -2.42. The van der Waals surface area contributed by atoms with Crippen LogP contribution < -0.4 is 4.90 Å². The zero-order chi connectivity index (χ0) is 20.7. The standard InChI is InChI=1S/C28H25NO/c1-28(2)24-10-6-7-11-26(24)29(23-8-4-3-5-9-23)27-17-16-22(18-25(27)28)21-14-12-20(19-30)13-15-21/h3-18,30H,19H2,1-2H3. The number of aliphatic hydroxyl groups is 1. The quantitative estimate of drug-likeness (QED) is 0.408. The molecular weight excluding hydrogens is 366 g/mol. The van der Waals surface area contributed by atoms with Gasteiger partial charge in [-0.25, -0.2) is 0 Å². The van der Waals surface area contributed by atoms with Crippen molar-refractivity contribution in [3.8, 4) is 11.1 Å². The van der Waals surface area contributed by atoms with Crippen LogP contribution in [-0.2, 0) is 12.0 Å². The summed E-state index contributed by atoms with van der Waals surface area (Å²) in [6.45, 7) is 4.69. The second-order valence-electron chi connectivity index (χ2n) is 8.40. The fourth-order valence-electron chi connectivity index (χ4n) is 4.54. The maximum absolute atomic E-state index is 9.35. The molecule has 0 aromatic heterocycles. The van der Waals surface area contributed by atoms with E-state index in [1.165, 1.54) is 33.8 Å². The lowest BCUT2D eigenvalue weighted by atomic mass is 9.73. The van der Waals surface area contributed by atoms with Crippen molar-refractivity contribution in [3.05, 3.63) is 114 Å².